The second-order valence-electron chi connectivity index (χ2n) is 4.18. The highest BCUT2D eigenvalue weighted by Gasteiger charge is 2.55. The van der Waals surface area contributed by atoms with Gasteiger partial charge >= 0.3 is 7.60 Å². The molecule has 7 heteroatoms. The zero-order chi connectivity index (χ0) is 12.5. The van der Waals surface area contributed by atoms with Gasteiger partial charge in [-0.2, -0.15) is 5.06 Å². The molecule has 0 aromatic heterocycles. The van der Waals surface area contributed by atoms with Crippen molar-refractivity contribution < 1.29 is 23.2 Å². The van der Waals surface area contributed by atoms with Gasteiger partial charge in [0.2, 0.25) is 0 Å². The van der Waals surface area contributed by atoms with E-state index >= 15 is 0 Å². The van der Waals surface area contributed by atoms with Gasteiger partial charge in [0.1, 0.15) is 11.9 Å². The predicted octanol–water partition coefficient (Wildman–Crippen LogP) is 1.47. The number of nitrogens with zero attached hydrogens (tertiary/aromatic N) is 1. The quantitative estimate of drug-likeness (QED) is 0.702. The highest BCUT2D eigenvalue weighted by atomic mass is 31.2. The SMILES string of the molecule is CCOP(=O)(OCC)[C@@H]1[C@H]2COC[C@H]2ON1C. The molecule has 0 aliphatic carbocycles. The van der Waals surface area contributed by atoms with Crippen LogP contribution in [0, 0.1) is 5.92 Å². The van der Waals surface area contributed by atoms with E-state index in [4.69, 9.17) is 18.6 Å². The van der Waals surface area contributed by atoms with Crippen molar-refractivity contribution in [3.05, 3.63) is 0 Å². The molecule has 0 radical (unpaired) electrons. The molecule has 0 bridgehead atoms. The molecule has 0 N–H and O–H groups in total. The van der Waals surface area contributed by atoms with Gasteiger partial charge in [0, 0.05) is 13.0 Å². The first-order chi connectivity index (χ1) is 8.12. The summed E-state index contributed by atoms with van der Waals surface area (Å²) >= 11 is 0. The first kappa shape index (κ1) is 13.5. The summed E-state index contributed by atoms with van der Waals surface area (Å²) in [5.74, 6) is -0.307. The molecule has 0 aromatic carbocycles. The molecular formula is C10H20NO5P. The Bertz CT molecular complexity index is 303. The summed E-state index contributed by atoms with van der Waals surface area (Å²) in [6.07, 6.45) is -0.0285. The van der Waals surface area contributed by atoms with E-state index in [0.717, 1.165) is 0 Å². The molecule has 17 heavy (non-hydrogen) atoms. The lowest BCUT2D eigenvalue weighted by atomic mass is 10.1. The Hall–Kier alpha value is 0.0300. The van der Waals surface area contributed by atoms with Gasteiger partial charge in [0.15, 0.2) is 0 Å². The zero-order valence-electron chi connectivity index (χ0n) is 10.5. The molecule has 100 valence electrons. The van der Waals surface area contributed by atoms with E-state index in [1.807, 2.05) is 13.8 Å². The van der Waals surface area contributed by atoms with E-state index in [0.29, 0.717) is 26.4 Å². The summed E-state index contributed by atoms with van der Waals surface area (Å²) in [4.78, 5) is 5.61. The van der Waals surface area contributed by atoms with Crippen molar-refractivity contribution in [2.75, 3.05) is 33.5 Å². The fraction of sp³-hybridized carbons (Fsp3) is 1.00. The maximum atomic E-state index is 12.7. The van der Waals surface area contributed by atoms with E-state index in [-0.39, 0.29) is 17.8 Å². The van der Waals surface area contributed by atoms with E-state index in [2.05, 4.69) is 0 Å². The Morgan fingerprint density at radius 1 is 1.29 bits per heavy atom. The van der Waals surface area contributed by atoms with Gasteiger partial charge < -0.3 is 13.8 Å². The first-order valence-corrected chi connectivity index (χ1v) is 7.59. The Kier molecular flexibility index (Phi) is 4.23. The molecule has 3 atom stereocenters. The molecule has 2 saturated heterocycles. The standard InChI is InChI=1S/C10H20NO5P/c1-4-14-17(12,15-5-2)10-8-6-13-7-9(8)16-11(10)3/h8-10H,4-7H2,1-3H3/t8-,9+,10+/m0/s1. The fourth-order valence-electron chi connectivity index (χ4n) is 2.47. The number of rotatable bonds is 5. The molecular weight excluding hydrogens is 245 g/mol. The van der Waals surface area contributed by atoms with Crippen LogP contribution in [0.5, 0.6) is 0 Å². The van der Waals surface area contributed by atoms with Gasteiger partial charge in [-0.15, -0.1) is 0 Å². The minimum Gasteiger partial charge on any atom is -0.378 e. The van der Waals surface area contributed by atoms with E-state index < -0.39 is 7.60 Å². The van der Waals surface area contributed by atoms with Crippen LogP contribution in [0.3, 0.4) is 0 Å². The molecule has 0 unspecified atom stereocenters. The van der Waals surface area contributed by atoms with Gasteiger partial charge in [-0.05, 0) is 13.8 Å². The lowest BCUT2D eigenvalue weighted by Crippen LogP contribution is -2.32. The molecule has 2 aliphatic rings. The topological polar surface area (TPSA) is 57.2 Å². The van der Waals surface area contributed by atoms with E-state index in [1.54, 1.807) is 12.1 Å². The van der Waals surface area contributed by atoms with Crippen molar-refractivity contribution >= 4 is 7.60 Å². The molecule has 6 nitrogen and oxygen atoms in total. The average Bonchev–Trinajstić information content (AvgIpc) is 2.77. The smallest absolute Gasteiger partial charge is 0.350 e. The van der Waals surface area contributed by atoms with Crippen LogP contribution in [0.15, 0.2) is 0 Å². The summed E-state index contributed by atoms with van der Waals surface area (Å²) in [6, 6.07) is 0. The van der Waals surface area contributed by atoms with Crippen LogP contribution in [0.4, 0.5) is 0 Å². The van der Waals surface area contributed by atoms with Crippen LogP contribution in [0.1, 0.15) is 13.8 Å². The van der Waals surface area contributed by atoms with Gasteiger partial charge in [-0.25, -0.2) is 0 Å². The third kappa shape index (κ3) is 2.43. The van der Waals surface area contributed by atoms with Crippen LogP contribution >= 0.6 is 7.60 Å². The van der Waals surface area contributed by atoms with Crippen LogP contribution in [0.25, 0.3) is 0 Å². The van der Waals surface area contributed by atoms with Crippen LogP contribution < -0.4 is 0 Å². The maximum Gasteiger partial charge on any atom is 0.350 e. The van der Waals surface area contributed by atoms with Crippen molar-refractivity contribution in [2.45, 2.75) is 25.7 Å². The van der Waals surface area contributed by atoms with Crippen molar-refractivity contribution in [1.82, 2.24) is 5.06 Å². The molecule has 0 spiro atoms. The highest BCUT2D eigenvalue weighted by Crippen LogP contribution is 2.59. The largest absolute Gasteiger partial charge is 0.378 e. The molecule has 0 aromatic rings. The van der Waals surface area contributed by atoms with Crippen molar-refractivity contribution in [3.63, 3.8) is 0 Å². The number of hydrogen-bond donors (Lipinski definition) is 0. The van der Waals surface area contributed by atoms with Gasteiger partial charge in [-0.3, -0.25) is 9.40 Å². The molecule has 2 aliphatic heterocycles. The van der Waals surface area contributed by atoms with Crippen molar-refractivity contribution in [3.8, 4) is 0 Å². The van der Waals surface area contributed by atoms with Crippen molar-refractivity contribution in [2.24, 2.45) is 5.92 Å². The van der Waals surface area contributed by atoms with Crippen LogP contribution in [-0.2, 0) is 23.2 Å². The van der Waals surface area contributed by atoms with E-state index in [9.17, 15) is 4.57 Å². The zero-order valence-corrected chi connectivity index (χ0v) is 11.4. The monoisotopic (exact) mass is 265 g/mol. The summed E-state index contributed by atoms with van der Waals surface area (Å²) in [5.41, 5.74) is 0. The number of ether oxygens (including phenoxy) is 1. The minimum absolute atomic E-state index is 0.0285. The summed E-state index contributed by atoms with van der Waals surface area (Å²) in [5, 5.41) is 1.62. The normalized spacial score (nSPS) is 34.2. The average molecular weight is 265 g/mol. The van der Waals surface area contributed by atoms with Gasteiger partial charge in [-0.1, -0.05) is 0 Å². The molecule has 2 rings (SSSR count). The highest BCUT2D eigenvalue weighted by molar-refractivity contribution is 7.54. The molecule has 0 amide bonds. The fourth-order valence-corrected chi connectivity index (χ4v) is 4.77. The third-order valence-corrected chi connectivity index (χ3v) is 5.66. The Morgan fingerprint density at radius 3 is 2.53 bits per heavy atom. The Morgan fingerprint density at radius 2 is 1.94 bits per heavy atom. The number of fused-ring (bicyclic) bond motifs is 1. The number of hydrogen-bond acceptors (Lipinski definition) is 6. The van der Waals surface area contributed by atoms with E-state index in [1.165, 1.54) is 0 Å². The summed E-state index contributed by atoms with van der Waals surface area (Å²) in [6.45, 7) is 5.43. The second kappa shape index (κ2) is 5.34. The summed E-state index contributed by atoms with van der Waals surface area (Å²) < 4.78 is 28.9. The summed E-state index contributed by atoms with van der Waals surface area (Å²) in [7, 11) is -1.40. The minimum atomic E-state index is -3.17. The van der Waals surface area contributed by atoms with Crippen LogP contribution in [-0.4, -0.2) is 50.4 Å². The van der Waals surface area contributed by atoms with Gasteiger partial charge in [0.05, 0.1) is 26.4 Å². The number of hydroxylamine groups is 2. The maximum absolute atomic E-state index is 12.7. The Balaban J connectivity index is 2.19. The first-order valence-electron chi connectivity index (χ1n) is 5.98. The molecule has 2 heterocycles. The lowest BCUT2D eigenvalue weighted by Gasteiger charge is -2.28. The predicted molar refractivity (Wildman–Crippen MR) is 61.6 cm³/mol. The Labute approximate surface area is 102 Å². The third-order valence-electron chi connectivity index (χ3n) is 3.07. The van der Waals surface area contributed by atoms with Gasteiger partial charge in [0.25, 0.3) is 0 Å². The molecule has 2 fully saturated rings. The second-order valence-corrected chi connectivity index (χ2v) is 6.31. The lowest BCUT2D eigenvalue weighted by molar-refractivity contribution is -0.143. The van der Waals surface area contributed by atoms with Crippen molar-refractivity contribution in [1.29, 1.82) is 0 Å². The molecule has 0 saturated carbocycles. The van der Waals surface area contributed by atoms with Crippen LogP contribution in [0.2, 0.25) is 0 Å².